The lowest BCUT2D eigenvalue weighted by Crippen LogP contribution is -2.53. The molecule has 0 bridgehead atoms. The number of aliphatic hydroxyl groups excluding tert-OH is 1. The first-order valence-electron chi connectivity index (χ1n) is 8.18. The molecule has 134 valence electrons. The monoisotopic (exact) mass is 354 g/mol. The van der Waals surface area contributed by atoms with Gasteiger partial charge in [0.25, 0.3) is 11.5 Å². The molecular weight excluding hydrogens is 336 g/mol. The van der Waals surface area contributed by atoms with Crippen molar-refractivity contribution < 1.29 is 14.6 Å². The van der Waals surface area contributed by atoms with Crippen LogP contribution in [0.3, 0.4) is 0 Å². The summed E-state index contributed by atoms with van der Waals surface area (Å²) >= 11 is 0. The minimum Gasteiger partial charge on any atom is -0.497 e. The predicted octanol–water partition coefficient (Wildman–Crippen LogP) is 0.525. The fourth-order valence-corrected chi connectivity index (χ4v) is 3.04. The Morgan fingerprint density at radius 2 is 1.92 bits per heavy atom. The number of β-amino-alcohol motifs (C(OH)–C–C–N with tert-alkyl or cyclic N) is 1. The molecule has 8 heteroatoms. The van der Waals surface area contributed by atoms with Gasteiger partial charge in [0.2, 0.25) is 5.65 Å². The van der Waals surface area contributed by atoms with Crippen LogP contribution in [0.5, 0.6) is 5.75 Å². The SMILES string of the molecule is COc1ccc(-c2cn3cc(C(=O)N4CC(O)C4)nc3c(=O)n2C)cc1. The van der Waals surface area contributed by atoms with Crippen molar-refractivity contribution in [1.82, 2.24) is 18.9 Å². The number of nitrogens with zero attached hydrogens (tertiary/aromatic N) is 4. The molecule has 26 heavy (non-hydrogen) atoms. The molecule has 1 fully saturated rings. The van der Waals surface area contributed by atoms with Gasteiger partial charge in [-0.05, 0) is 24.3 Å². The number of carbonyl (C=O) groups is 1. The molecule has 1 saturated heterocycles. The minimum atomic E-state index is -0.481. The predicted molar refractivity (Wildman–Crippen MR) is 94.3 cm³/mol. The standard InChI is InChI=1S/C18H18N4O4/c1-20-15(11-3-5-13(26-2)6-4-11)10-21-9-14(19-16(21)18(20)25)17(24)22-7-12(23)8-22/h3-6,9-10,12,23H,7-8H2,1-2H3. The Balaban J connectivity index is 1.77. The lowest BCUT2D eigenvalue weighted by atomic mass is 10.1. The van der Waals surface area contributed by atoms with Crippen molar-refractivity contribution in [2.45, 2.75) is 6.10 Å². The van der Waals surface area contributed by atoms with Crippen LogP contribution in [0.15, 0.2) is 41.5 Å². The Labute approximate surface area is 148 Å². The van der Waals surface area contributed by atoms with Crippen molar-refractivity contribution in [2.24, 2.45) is 7.05 Å². The Morgan fingerprint density at radius 3 is 2.54 bits per heavy atom. The molecule has 4 rings (SSSR count). The zero-order valence-electron chi connectivity index (χ0n) is 14.4. The van der Waals surface area contributed by atoms with E-state index >= 15 is 0 Å². The fraction of sp³-hybridized carbons (Fsp3) is 0.278. The van der Waals surface area contributed by atoms with E-state index in [0.29, 0.717) is 18.8 Å². The number of fused-ring (bicyclic) bond motifs is 1. The van der Waals surface area contributed by atoms with E-state index in [1.807, 2.05) is 24.3 Å². The Hall–Kier alpha value is -3.13. The third-order valence-corrected chi connectivity index (χ3v) is 4.61. The second kappa shape index (κ2) is 5.99. The summed E-state index contributed by atoms with van der Waals surface area (Å²) in [6, 6.07) is 7.37. The van der Waals surface area contributed by atoms with Crippen molar-refractivity contribution in [3.8, 4) is 17.0 Å². The highest BCUT2D eigenvalue weighted by molar-refractivity contribution is 5.93. The Bertz CT molecular complexity index is 1050. The third kappa shape index (κ3) is 2.55. The molecule has 1 aliphatic rings. The second-order valence-electron chi connectivity index (χ2n) is 6.33. The highest BCUT2D eigenvalue weighted by Gasteiger charge is 2.31. The van der Waals surface area contributed by atoms with Gasteiger partial charge in [0.05, 0.1) is 18.9 Å². The molecular formula is C18H18N4O4. The van der Waals surface area contributed by atoms with Crippen LogP contribution < -0.4 is 10.3 Å². The average molecular weight is 354 g/mol. The highest BCUT2D eigenvalue weighted by atomic mass is 16.5. The summed E-state index contributed by atoms with van der Waals surface area (Å²) in [5.41, 5.74) is 1.64. The van der Waals surface area contributed by atoms with Gasteiger partial charge in [-0.15, -0.1) is 0 Å². The van der Waals surface area contributed by atoms with Crippen molar-refractivity contribution in [3.05, 3.63) is 52.7 Å². The number of hydrogen-bond donors (Lipinski definition) is 1. The summed E-state index contributed by atoms with van der Waals surface area (Å²) in [7, 11) is 3.27. The molecule has 3 heterocycles. The number of methoxy groups -OCH3 is 1. The van der Waals surface area contributed by atoms with E-state index in [9.17, 15) is 14.7 Å². The molecule has 0 atom stereocenters. The first-order chi connectivity index (χ1) is 12.5. The summed E-state index contributed by atoms with van der Waals surface area (Å²) in [6.45, 7) is 0.587. The van der Waals surface area contributed by atoms with E-state index < -0.39 is 6.10 Å². The Morgan fingerprint density at radius 1 is 1.23 bits per heavy atom. The lowest BCUT2D eigenvalue weighted by Gasteiger charge is -2.35. The molecule has 1 amide bonds. The summed E-state index contributed by atoms with van der Waals surface area (Å²) in [4.78, 5) is 30.8. The number of aromatic nitrogens is 3. The van der Waals surface area contributed by atoms with Crippen LogP contribution >= 0.6 is 0 Å². The maximum Gasteiger partial charge on any atom is 0.294 e. The zero-order chi connectivity index (χ0) is 18.4. The van der Waals surface area contributed by atoms with Crippen LogP contribution in [-0.2, 0) is 7.05 Å². The van der Waals surface area contributed by atoms with Gasteiger partial charge < -0.3 is 19.3 Å². The second-order valence-corrected chi connectivity index (χ2v) is 6.33. The smallest absolute Gasteiger partial charge is 0.294 e. The number of amides is 1. The van der Waals surface area contributed by atoms with E-state index in [1.165, 1.54) is 9.47 Å². The van der Waals surface area contributed by atoms with Crippen LogP contribution in [0, 0.1) is 0 Å². The lowest BCUT2D eigenvalue weighted by molar-refractivity contribution is 0.00555. The molecule has 2 aromatic heterocycles. The summed E-state index contributed by atoms with van der Waals surface area (Å²) in [6.07, 6.45) is 2.84. The number of ether oxygens (including phenoxy) is 1. The van der Waals surface area contributed by atoms with Crippen LogP contribution in [0.2, 0.25) is 0 Å². The van der Waals surface area contributed by atoms with Crippen molar-refractivity contribution in [2.75, 3.05) is 20.2 Å². The van der Waals surface area contributed by atoms with Gasteiger partial charge >= 0.3 is 0 Å². The van der Waals surface area contributed by atoms with E-state index in [1.54, 1.807) is 31.0 Å². The molecule has 0 saturated carbocycles. The van der Waals surface area contributed by atoms with Gasteiger partial charge in [0.1, 0.15) is 11.4 Å². The zero-order valence-corrected chi connectivity index (χ0v) is 14.4. The topological polar surface area (TPSA) is 89.1 Å². The average Bonchev–Trinajstić information content (AvgIpc) is 3.06. The fourth-order valence-electron chi connectivity index (χ4n) is 3.04. The molecule has 1 N–H and O–H groups in total. The summed E-state index contributed by atoms with van der Waals surface area (Å²) in [5.74, 6) is 0.444. The van der Waals surface area contributed by atoms with Crippen LogP contribution in [0.25, 0.3) is 16.9 Å². The first kappa shape index (κ1) is 16.3. The van der Waals surface area contributed by atoms with Gasteiger partial charge in [0, 0.05) is 38.1 Å². The highest BCUT2D eigenvalue weighted by Crippen LogP contribution is 2.22. The number of likely N-dealkylation sites (tertiary alicyclic amines) is 1. The normalized spacial score (nSPS) is 14.5. The van der Waals surface area contributed by atoms with Gasteiger partial charge in [0.15, 0.2) is 0 Å². The molecule has 1 aliphatic heterocycles. The van der Waals surface area contributed by atoms with E-state index in [2.05, 4.69) is 4.98 Å². The van der Waals surface area contributed by atoms with E-state index in [-0.39, 0.29) is 22.8 Å². The summed E-state index contributed by atoms with van der Waals surface area (Å²) in [5, 5.41) is 9.35. The quantitative estimate of drug-likeness (QED) is 0.741. The number of benzene rings is 1. The number of rotatable bonds is 3. The maximum atomic E-state index is 12.7. The van der Waals surface area contributed by atoms with Gasteiger partial charge in [-0.2, -0.15) is 0 Å². The largest absolute Gasteiger partial charge is 0.497 e. The number of imidazole rings is 1. The van der Waals surface area contributed by atoms with Gasteiger partial charge in [-0.3, -0.25) is 14.0 Å². The van der Waals surface area contributed by atoms with Crippen LogP contribution in [0.4, 0.5) is 0 Å². The van der Waals surface area contributed by atoms with Crippen molar-refractivity contribution in [1.29, 1.82) is 0 Å². The third-order valence-electron chi connectivity index (χ3n) is 4.61. The van der Waals surface area contributed by atoms with Gasteiger partial charge in [-0.1, -0.05) is 0 Å². The number of aliphatic hydroxyl groups is 1. The summed E-state index contributed by atoms with van der Waals surface area (Å²) < 4.78 is 8.24. The number of carbonyl (C=O) groups excluding carboxylic acids is 1. The molecule has 3 aromatic rings. The Kier molecular flexibility index (Phi) is 3.77. The number of hydrogen-bond acceptors (Lipinski definition) is 5. The van der Waals surface area contributed by atoms with E-state index in [4.69, 9.17) is 4.74 Å². The molecule has 8 nitrogen and oxygen atoms in total. The molecule has 0 unspecified atom stereocenters. The van der Waals surface area contributed by atoms with Crippen molar-refractivity contribution in [3.63, 3.8) is 0 Å². The van der Waals surface area contributed by atoms with Crippen LogP contribution in [-0.4, -0.2) is 56.2 Å². The molecule has 1 aromatic carbocycles. The maximum absolute atomic E-state index is 12.7. The first-order valence-corrected chi connectivity index (χ1v) is 8.18. The molecule has 0 radical (unpaired) electrons. The van der Waals surface area contributed by atoms with Gasteiger partial charge in [-0.25, -0.2) is 4.98 Å². The minimum absolute atomic E-state index is 0.189. The van der Waals surface area contributed by atoms with Crippen LogP contribution in [0.1, 0.15) is 10.5 Å². The van der Waals surface area contributed by atoms with E-state index in [0.717, 1.165) is 11.3 Å². The molecule has 0 aliphatic carbocycles. The van der Waals surface area contributed by atoms with Crippen molar-refractivity contribution >= 4 is 11.6 Å². The molecule has 0 spiro atoms.